The van der Waals surface area contributed by atoms with Gasteiger partial charge in [-0.15, -0.1) is 0 Å². The molecule has 1 fully saturated rings. The van der Waals surface area contributed by atoms with Gasteiger partial charge >= 0.3 is 0 Å². The number of nitrogens with one attached hydrogen (secondary N) is 3. The maximum absolute atomic E-state index is 11.7. The predicted molar refractivity (Wildman–Crippen MR) is 131 cm³/mol. The summed E-state index contributed by atoms with van der Waals surface area (Å²) < 4.78 is 17.9. The molecule has 1 aliphatic carbocycles. The number of hydrogen-bond acceptors (Lipinski definition) is 9. The lowest BCUT2D eigenvalue weighted by molar-refractivity contribution is -0.0920. The van der Waals surface area contributed by atoms with Gasteiger partial charge in [-0.05, 0) is 58.7 Å². The summed E-state index contributed by atoms with van der Waals surface area (Å²) in [5, 5.41) is 9.86. The van der Waals surface area contributed by atoms with Crippen molar-refractivity contribution in [2.45, 2.75) is 57.8 Å². The molecule has 184 valence electrons. The average molecular weight is 471 g/mol. The highest BCUT2D eigenvalue weighted by Crippen LogP contribution is 2.33. The maximum Gasteiger partial charge on any atom is 0.254 e. The van der Waals surface area contributed by atoms with Crippen LogP contribution in [0.1, 0.15) is 50.9 Å². The average Bonchev–Trinajstić information content (AvgIpc) is 3.59. The number of carbonyl (C=O) groups is 1. The second-order valence-electron chi connectivity index (χ2n) is 9.98. The summed E-state index contributed by atoms with van der Waals surface area (Å²) in [6.45, 7) is 10.1. The summed E-state index contributed by atoms with van der Waals surface area (Å²) in [7, 11) is 0. The highest BCUT2D eigenvalue weighted by molar-refractivity contribution is 5.97. The molecule has 2 aromatic rings. The number of benzene rings is 1. The molecule has 0 spiro atoms. The molecule has 0 bridgehead atoms. The lowest BCUT2D eigenvalue weighted by Crippen LogP contribution is -2.42. The Morgan fingerprint density at radius 1 is 1.32 bits per heavy atom. The van der Waals surface area contributed by atoms with Crippen LogP contribution in [-0.4, -0.2) is 59.5 Å². The number of hydrogen-bond donors (Lipinski definition) is 4. The van der Waals surface area contributed by atoms with Gasteiger partial charge in [0.05, 0.1) is 30.1 Å². The molecule has 0 unspecified atom stereocenters. The molecule has 10 heteroatoms. The Balaban J connectivity index is 1.40. The highest BCUT2D eigenvalue weighted by Gasteiger charge is 2.30. The molecule has 5 N–H and O–H groups in total. The van der Waals surface area contributed by atoms with Crippen LogP contribution in [-0.2, 0) is 9.47 Å². The third-order valence-electron chi connectivity index (χ3n) is 5.46. The van der Waals surface area contributed by atoms with Crippen LogP contribution >= 0.6 is 0 Å². The van der Waals surface area contributed by atoms with Gasteiger partial charge in [0.15, 0.2) is 0 Å². The lowest BCUT2D eigenvalue weighted by Gasteiger charge is -2.28. The maximum atomic E-state index is 11.7. The van der Waals surface area contributed by atoms with E-state index in [9.17, 15) is 4.79 Å². The van der Waals surface area contributed by atoms with E-state index in [2.05, 4.69) is 25.9 Å². The molecule has 1 amide bonds. The van der Waals surface area contributed by atoms with E-state index in [0.29, 0.717) is 44.2 Å². The SMILES string of the molecule is CC(C)(C)OCCO[C@]1(C)CNc2cc(Nc3ncc(C(N)=O)c(NC4CC4)n3)ccc2OC1. The molecule has 2 aliphatic rings. The number of ether oxygens (including phenoxy) is 3. The summed E-state index contributed by atoms with van der Waals surface area (Å²) in [5.41, 5.74) is 6.68. The third-order valence-corrected chi connectivity index (χ3v) is 5.46. The molecule has 1 aromatic heterocycles. The molecule has 2 heterocycles. The Kier molecular flexibility index (Phi) is 6.81. The molecular formula is C24H34N6O4. The number of rotatable bonds is 9. The van der Waals surface area contributed by atoms with E-state index in [0.717, 1.165) is 30.0 Å². The molecule has 0 saturated heterocycles. The molecule has 4 rings (SSSR count). The van der Waals surface area contributed by atoms with Crippen LogP contribution < -0.4 is 26.4 Å². The number of fused-ring (bicyclic) bond motifs is 1. The Bertz CT molecular complexity index is 1040. The summed E-state index contributed by atoms with van der Waals surface area (Å²) >= 11 is 0. The van der Waals surface area contributed by atoms with E-state index in [-0.39, 0.29) is 11.2 Å². The monoisotopic (exact) mass is 470 g/mol. The van der Waals surface area contributed by atoms with E-state index in [1.54, 1.807) is 0 Å². The molecule has 34 heavy (non-hydrogen) atoms. The quantitative estimate of drug-likeness (QED) is 0.407. The van der Waals surface area contributed by atoms with E-state index in [1.165, 1.54) is 6.20 Å². The Labute approximate surface area is 200 Å². The molecule has 10 nitrogen and oxygen atoms in total. The first-order chi connectivity index (χ1) is 16.1. The van der Waals surface area contributed by atoms with Crippen LogP contribution in [0.2, 0.25) is 0 Å². The summed E-state index contributed by atoms with van der Waals surface area (Å²) in [6, 6.07) is 6.04. The smallest absolute Gasteiger partial charge is 0.254 e. The van der Waals surface area contributed by atoms with Crippen molar-refractivity contribution in [3.05, 3.63) is 30.0 Å². The number of aromatic nitrogens is 2. The standard InChI is InChI=1S/C24H34N6O4/c1-23(2,3)33-9-10-34-24(4)13-27-18-11-16(7-8-19(18)32-14-24)29-22-26-12-17(20(25)31)21(30-22)28-15-5-6-15/h7-8,11-12,15,27H,5-6,9-10,13-14H2,1-4H3,(H2,25,31)(H2,26,28,29,30)/t24-/m1/s1. The van der Waals surface area contributed by atoms with E-state index >= 15 is 0 Å². The molecular weight excluding hydrogens is 436 g/mol. The summed E-state index contributed by atoms with van der Waals surface area (Å²) in [4.78, 5) is 20.4. The van der Waals surface area contributed by atoms with Gasteiger partial charge in [0.2, 0.25) is 5.95 Å². The Morgan fingerprint density at radius 3 is 2.82 bits per heavy atom. The number of nitrogens with two attached hydrogens (primary N) is 1. The minimum Gasteiger partial charge on any atom is -0.488 e. The van der Waals surface area contributed by atoms with Crippen molar-refractivity contribution in [3.8, 4) is 5.75 Å². The summed E-state index contributed by atoms with van der Waals surface area (Å²) in [5.74, 6) is 1.00. The number of carbonyl (C=O) groups excluding carboxylic acids is 1. The molecule has 1 saturated carbocycles. The number of nitrogens with zero attached hydrogens (tertiary/aromatic N) is 2. The Hall–Kier alpha value is -3.11. The van der Waals surface area contributed by atoms with Crippen molar-refractivity contribution in [3.63, 3.8) is 0 Å². The third kappa shape index (κ3) is 6.48. The number of primary amides is 1. The molecule has 1 atom stereocenters. The van der Waals surface area contributed by atoms with Crippen LogP contribution in [0.4, 0.5) is 23.1 Å². The zero-order valence-electron chi connectivity index (χ0n) is 20.2. The lowest BCUT2D eigenvalue weighted by atomic mass is 10.1. The van der Waals surface area contributed by atoms with Crippen LogP contribution in [0.5, 0.6) is 5.75 Å². The van der Waals surface area contributed by atoms with Gasteiger partial charge in [0.25, 0.3) is 5.91 Å². The summed E-state index contributed by atoms with van der Waals surface area (Å²) in [6.07, 6.45) is 3.54. The fourth-order valence-corrected chi connectivity index (χ4v) is 3.45. The zero-order valence-corrected chi connectivity index (χ0v) is 20.2. The van der Waals surface area contributed by atoms with Crippen LogP contribution in [0.15, 0.2) is 24.4 Å². The molecule has 1 aliphatic heterocycles. The van der Waals surface area contributed by atoms with E-state index in [4.69, 9.17) is 19.9 Å². The fraction of sp³-hybridized carbons (Fsp3) is 0.542. The van der Waals surface area contributed by atoms with E-state index < -0.39 is 11.5 Å². The van der Waals surface area contributed by atoms with Gasteiger partial charge in [-0.3, -0.25) is 4.79 Å². The van der Waals surface area contributed by atoms with Gasteiger partial charge in [-0.1, -0.05) is 0 Å². The largest absolute Gasteiger partial charge is 0.488 e. The minimum absolute atomic E-state index is 0.194. The second kappa shape index (κ2) is 9.63. The van der Waals surface area contributed by atoms with E-state index in [1.807, 2.05) is 45.9 Å². The van der Waals surface area contributed by atoms with Crippen molar-refractivity contribution < 1.29 is 19.0 Å². The number of anilines is 4. The highest BCUT2D eigenvalue weighted by atomic mass is 16.6. The van der Waals surface area contributed by atoms with Gasteiger partial charge in [-0.2, -0.15) is 4.98 Å². The van der Waals surface area contributed by atoms with Gasteiger partial charge in [0.1, 0.15) is 23.8 Å². The van der Waals surface area contributed by atoms with Crippen molar-refractivity contribution in [2.24, 2.45) is 5.73 Å². The first-order valence-electron chi connectivity index (χ1n) is 11.6. The van der Waals surface area contributed by atoms with Crippen molar-refractivity contribution in [1.82, 2.24) is 9.97 Å². The van der Waals surface area contributed by atoms with Crippen LogP contribution in [0.25, 0.3) is 0 Å². The second-order valence-corrected chi connectivity index (χ2v) is 9.98. The topological polar surface area (TPSA) is 133 Å². The van der Waals surface area contributed by atoms with Crippen molar-refractivity contribution in [2.75, 3.05) is 42.3 Å². The molecule has 1 aromatic carbocycles. The zero-order chi connectivity index (χ0) is 24.3. The fourth-order valence-electron chi connectivity index (χ4n) is 3.45. The van der Waals surface area contributed by atoms with Gasteiger partial charge < -0.3 is 35.9 Å². The first kappa shape index (κ1) is 24.0. The van der Waals surface area contributed by atoms with Crippen LogP contribution in [0, 0.1) is 0 Å². The normalized spacial score (nSPS) is 19.9. The molecule has 0 radical (unpaired) electrons. The minimum atomic E-state index is -0.559. The van der Waals surface area contributed by atoms with Crippen molar-refractivity contribution in [1.29, 1.82) is 0 Å². The predicted octanol–water partition coefficient (Wildman–Crippen LogP) is 3.29. The van der Waals surface area contributed by atoms with Crippen molar-refractivity contribution >= 4 is 29.0 Å². The van der Waals surface area contributed by atoms with Gasteiger partial charge in [0, 0.05) is 24.5 Å². The van der Waals surface area contributed by atoms with Gasteiger partial charge in [-0.25, -0.2) is 4.98 Å². The number of amides is 1. The Morgan fingerprint density at radius 2 is 2.12 bits per heavy atom. The first-order valence-corrected chi connectivity index (χ1v) is 11.6. The van der Waals surface area contributed by atoms with Crippen LogP contribution in [0.3, 0.4) is 0 Å².